The molecule has 0 radical (unpaired) electrons. The highest BCUT2D eigenvalue weighted by Crippen LogP contribution is 2.17. The molecule has 10 heavy (non-hydrogen) atoms. The number of hydrogen-bond donors (Lipinski definition) is 1. The Labute approximate surface area is 68.8 Å². The first-order valence-electron chi connectivity index (χ1n) is 3.19. The number of hydrogen-bond acceptors (Lipinski definition) is 2. The molecule has 1 rings (SSSR count). The fraction of sp³-hybridized carbons (Fsp3) is 0.286. The molecule has 0 unspecified atom stereocenters. The van der Waals surface area contributed by atoms with Gasteiger partial charge in [0.2, 0.25) is 0 Å². The minimum absolute atomic E-state index is 0.898. The zero-order valence-electron chi connectivity index (χ0n) is 5.76. The van der Waals surface area contributed by atoms with Crippen molar-refractivity contribution in [3.05, 3.63) is 22.8 Å². The highest BCUT2D eigenvalue weighted by atomic mass is 79.9. The number of rotatable bonds is 2. The summed E-state index contributed by atoms with van der Waals surface area (Å²) in [7, 11) is 0. The average molecular weight is 201 g/mol. The molecule has 0 bridgehead atoms. The molecule has 0 aliphatic carbocycles. The molecule has 0 atom stereocenters. The van der Waals surface area contributed by atoms with E-state index < -0.39 is 0 Å². The van der Waals surface area contributed by atoms with Gasteiger partial charge in [-0.2, -0.15) is 0 Å². The average Bonchev–Trinajstić information content (AvgIpc) is 1.94. The van der Waals surface area contributed by atoms with Crippen LogP contribution >= 0.6 is 15.9 Å². The Bertz CT molecular complexity index is 213. The molecule has 0 amide bonds. The van der Waals surface area contributed by atoms with Gasteiger partial charge in [-0.1, -0.05) is 0 Å². The molecule has 1 aromatic rings. The molecule has 0 aliphatic heterocycles. The van der Waals surface area contributed by atoms with E-state index >= 15 is 0 Å². The van der Waals surface area contributed by atoms with Gasteiger partial charge in [-0.25, -0.2) is 4.98 Å². The van der Waals surface area contributed by atoms with Gasteiger partial charge in [0, 0.05) is 12.7 Å². The number of aromatic nitrogens is 1. The summed E-state index contributed by atoms with van der Waals surface area (Å²) in [5.74, 6) is 0.907. The Kier molecular flexibility index (Phi) is 2.68. The van der Waals surface area contributed by atoms with Gasteiger partial charge in [0.1, 0.15) is 5.82 Å². The van der Waals surface area contributed by atoms with Crippen molar-refractivity contribution in [2.45, 2.75) is 6.92 Å². The van der Waals surface area contributed by atoms with Crippen LogP contribution in [0, 0.1) is 0 Å². The van der Waals surface area contributed by atoms with Crippen LogP contribution in [-0.4, -0.2) is 11.5 Å². The summed E-state index contributed by atoms with van der Waals surface area (Å²) >= 11 is 3.37. The molecule has 1 aromatic heterocycles. The van der Waals surface area contributed by atoms with Crippen LogP contribution in [0.4, 0.5) is 5.82 Å². The molecule has 0 aromatic carbocycles. The summed E-state index contributed by atoms with van der Waals surface area (Å²) in [5, 5.41) is 3.12. The number of nitrogens with zero attached hydrogens (tertiary/aromatic N) is 1. The van der Waals surface area contributed by atoms with Crippen molar-refractivity contribution in [3.8, 4) is 0 Å². The van der Waals surface area contributed by atoms with Crippen molar-refractivity contribution in [1.82, 2.24) is 4.98 Å². The number of pyridine rings is 1. The predicted molar refractivity (Wildman–Crippen MR) is 46.1 cm³/mol. The van der Waals surface area contributed by atoms with Gasteiger partial charge in [0.05, 0.1) is 4.47 Å². The van der Waals surface area contributed by atoms with Crippen molar-refractivity contribution < 1.29 is 0 Å². The molecule has 0 fully saturated rings. The first-order valence-corrected chi connectivity index (χ1v) is 3.98. The van der Waals surface area contributed by atoms with Crippen LogP contribution in [0.5, 0.6) is 0 Å². The van der Waals surface area contributed by atoms with E-state index in [4.69, 9.17) is 0 Å². The maximum absolute atomic E-state index is 4.11. The van der Waals surface area contributed by atoms with Crippen molar-refractivity contribution in [1.29, 1.82) is 0 Å². The van der Waals surface area contributed by atoms with Crippen LogP contribution in [0.25, 0.3) is 0 Å². The van der Waals surface area contributed by atoms with Gasteiger partial charge in [0.25, 0.3) is 0 Å². The Morgan fingerprint density at radius 3 is 3.10 bits per heavy atom. The van der Waals surface area contributed by atoms with Gasteiger partial charge in [-0.05, 0) is 35.0 Å². The van der Waals surface area contributed by atoms with E-state index in [0.29, 0.717) is 0 Å². The fourth-order valence-corrected chi connectivity index (χ4v) is 1.08. The Morgan fingerprint density at radius 2 is 2.50 bits per heavy atom. The van der Waals surface area contributed by atoms with Crippen LogP contribution in [0.3, 0.4) is 0 Å². The standard InChI is InChI=1S/C7H9BrN2/c1-2-9-7-6(8)4-3-5-10-7/h3-5H,2H2,1H3,(H,9,10). The summed E-state index contributed by atoms with van der Waals surface area (Å²) in [4.78, 5) is 4.11. The van der Waals surface area contributed by atoms with Crippen LogP contribution in [-0.2, 0) is 0 Å². The lowest BCUT2D eigenvalue weighted by Gasteiger charge is -2.02. The van der Waals surface area contributed by atoms with E-state index in [9.17, 15) is 0 Å². The maximum Gasteiger partial charge on any atom is 0.140 e. The van der Waals surface area contributed by atoms with Crippen LogP contribution in [0.2, 0.25) is 0 Å². The maximum atomic E-state index is 4.11. The fourth-order valence-electron chi connectivity index (χ4n) is 0.683. The topological polar surface area (TPSA) is 24.9 Å². The molecule has 1 heterocycles. The Morgan fingerprint density at radius 1 is 1.70 bits per heavy atom. The minimum Gasteiger partial charge on any atom is -0.369 e. The summed E-state index contributed by atoms with van der Waals surface area (Å²) in [6.07, 6.45) is 1.77. The zero-order chi connectivity index (χ0) is 7.40. The van der Waals surface area contributed by atoms with Crippen molar-refractivity contribution in [2.75, 3.05) is 11.9 Å². The van der Waals surface area contributed by atoms with Crippen molar-refractivity contribution >= 4 is 21.7 Å². The smallest absolute Gasteiger partial charge is 0.140 e. The first-order chi connectivity index (χ1) is 4.84. The SMILES string of the molecule is CCNc1ncccc1Br. The predicted octanol–water partition coefficient (Wildman–Crippen LogP) is 2.28. The molecule has 3 heteroatoms. The lowest BCUT2D eigenvalue weighted by molar-refractivity contribution is 1.15. The van der Waals surface area contributed by atoms with Gasteiger partial charge < -0.3 is 5.32 Å². The third kappa shape index (κ3) is 1.70. The van der Waals surface area contributed by atoms with Crippen LogP contribution < -0.4 is 5.32 Å². The van der Waals surface area contributed by atoms with Crippen LogP contribution in [0.15, 0.2) is 22.8 Å². The second-order valence-corrected chi connectivity index (χ2v) is 2.72. The van der Waals surface area contributed by atoms with E-state index in [1.165, 1.54) is 0 Å². The second-order valence-electron chi connectivity index (χ2n) is 1.86. The van der Waals surface area contributed by atoms with Gasteiger partial charge in [-0.15, -0.1) is 0 Å². The largest absolute Gasteiger partial charge is 0.369 e. The molecule has 0 spiro atoms. The van der Waals surface area contributed by atoms with Crippen molar-refractivity contribution in [3.63, 3.8) is 0 Å². The van der Waals surface area contributed by atoms with Gasteiger partial charge in [0.15, 0.2) is 0 Å². The highest BCUT2D eigenvalue weighted by Gasteiger charge is 1.94. The number of anilines is 1. The lowest BCUT2D eigenvalue weighted by atomic mass is 10.4. The third-order valence-corrected chi connectivity index (χ3v) is 1.74. The number of halogens is 1. The second kappa shape index (κ2) is 3.56. The monoisotopic (exact) mass is 200 g/mol. The van der Waals surface area contributed by atoms with Gasteiger partial charge in [-0.3, -0.25) is 0 Å². The van der Waals surface area contributed by atoms with E-state index in [0.717, 1.165) is 16.8 Å². The first kappa shape index (κ1) is 7.54. The van der Waals surface area contributed by atoms with Gasteiger partial charge >= 0.3 is 0 Å². The normalized spacial score (nSPS) is 9.40. The summed E-state index contributed by atoms with van der Waals surface area (Å²) < 4.78 is 1.01. The molecule has 54 valence electrons. The molecule has 2 nitrogen and oxygen atoms in total. The Balaban J connectivity index is 2.81. The molecular formula is C7H9BrN2. The third-order valence-electron chi connectivity index (χ3n) is 1.10. The van der Waals surface area contributed by atoms with E-state index in [-0.39, 0.29) is 0 Å². The minimum atomic E-state index is 0.898. The summed E-state index contributed by atoms with van der Waals surface area (Å²) in [5.41, 5.74) is 0. The Hall–Kier alpha value is -0.570. The molecule has 0 saturated carbocycles. The summed E-state index contributed by atoms with van der Waals surface area (Å²) in [6.45, 7) is 2.94. The van der Waals surface area contributed by atoms with Crippen LogP contribution in [0.1, 0.15) is 6.92 Å². The van der Waals surface area contributed by atoms with Crippen molar-refractivity contribution in [2.24, 2.45) is 0 Å². The highest BCUT2D eigenvalue weighted by molar-refractivity contribution is 9.10. The molecule has 1 N–H and O–H groups in total. The number of nitrogens with one attached hydrogen (secondary N) is 1. The quantitative estimate of drug-likeness (QED) is 0.793. The molecule has 0 aliphatic rings. The molecule has 0 saturated heterocycles. The van der Waals surface area contributed by atoms with E-state index in [1.54, 1.807) is 6.20 Å². The molecular weight excluding hydrogens is 192 g/mol. The zero-order valence-corrected chi connectivity index (χ0v) is 7.35. The van der Waals surface area contributed by atoms with E-state index in [1.807, 2.05) is 19.1 Å². The summed E-state index contributed by atoms with van der Waals surface area (Å²) in [6, 6.07) is 3.86. The lowest BCUT2D eigenvalue weighted by Crippen LogP contribution is -1.98. The van der Waals surface area contributed by atoms with E-state index in [2.05, 4.69) is 26.2 Å².